The fourth-order valence-electron chi connectivity index (χ4n) is 1.14. The van der Waals surface area contributed by atoms with Crippen molar-refractivity contribution in [3.8, 4) is 5.75 Å². The SMILES string of the molecule is [2H]C(CCCC)C([2H])C(=O)Oc1ccccc1. The maximum Gasteiger partial charge on any atom is 0.311 e. The van der Waals surface area contributed by atoms with Crippen molar-refractivity contribution in [1.29, 1.82) is 0 Å². The van der Waals surface area contributed by atoms with Crippen LogP contribution in [0.3, 0.4) is 0 Å². The van der Waals surface area contributed by atoms with E-state index in [1.165, 1.54) is 0 Å². The van der Waals surface area contributed by atoms with Gasteiger partial charge in [-0.3, -0.25) is 4.79 Å². The third-order valence-corrected chi connectivity index (χ3v) is 1.94. The van der Waals surface area contributed by atoms with E-state index in [1.54, 1.807) is 24.3 Å². The number of benzene rings is 1. The van der Waals surface area contributed by atoms with E-state index in [0.29, 0.717) is 12.2 Å². The number of rotatable bonds is 6. The number of ether oxygens (including phenoxy) is 1. The Morgan fingerprint density at radius 2 is 2.07 bits per heavy atom. The Labute approximate surface area is 94.1 Å². The number of esters is 1. The quantitative estimate of drug-likeness (QED) is 0.527. The van der Waals surface area contributed by atoms with Crippen molar-refractivity contribution < 1.29 is 12.3 Å². The zero-order valence-electron chi connectivity index (χ0n) is 11.0. The number of para-hydroxylation sites is 1. The van der Waals surface area contributed by atoms with Crippen LogP contribution in [0.1, 0.15) is 41.7 Å². The van der Waals surface area contributed by atoms with Crippen LogP contribution in [0, 0.1) is 0 Å². The Morgan fingerprint density at radius 3 is 2.73 bits per heavy atom. The summed E-state index contributed by atoms with van der Waals surface area (Å²) < 4.78 is 20.4. The summed E-state index contributed by atoms with van der Waals surface area (Å²) >= 11 is 0. The highest BCUT2D eigenvalue weighted by atomic mass is 16.5. The molecule has 2 nitrogen and oxygen atoms in total. The molecule has 0 fully saturated rings. The molecule has 1 aromatic rings. The second kappa shape index (κ2) is 7.04. The zero-order chi connectivity index (χ0) is 12.7. The van der Waals surface area contributed by atoms with Crippen molar-refractivity contribution in [3.05, 3.63) is 30.3 Å². The third kappa shape index (κ3) is 5.21. The number of carbonyl (C=O) groups excluding carboxylic acids is 1. The van der Waals surface area contributed by atoms with E-state index in [-0.39, 0.29) is 0 Å². The van der Waals surface area contributed by atoms with Gasteiger partial charge in [-0.25, -0.2) is 0 Å². The molecule has 0 saturated carbocycles. The predicted octanol–water partition coefficient (Wildman–Crippen LogP) is 3.56. The van der Waals surface area contributed by atoms with Crippen molar-refractivity contribution >= 4 is 5.97 Å². The first-order valence-corrected chi connectivity index (χ1v) is 5.26. The fourth-order valence-corrected chi connectivity index (χ4v) is 1.14. The second-order valence-electron chi connectivity index (χ2n) is 3.28. The molecule has 0 amide bonds. The number of unbranched alkanes of at least 4 members (excludes halogenated alkanes) is 1. The van der Waals surface area contributed by atoms with Gasteiger partial charge in [-0.15, -0.1) is 0 Å². The number of hydrogen-bond acceptors (Lipinski definition) is 2. The molecule has 2 unspecified atom stereocenters. The molecule has 0 N–H and O–H groups in total. The van der Waals surface area contributed by atoms with Crippen LogP contribution in [0.25, 0.3) is 0 Å². The first-order valence-electron chi connectivity index (χ1n) is 6.42. The lowest BCUT2D eigenvalue weighted by molar-refractivity contribution is -0.134. The molecule has 0 saturated heterocycles. The van der Waals surface area contributed by atoms with Crippen LogP contribution in [0.4, 0.5) is 0 Å². The molecule has 2 atom stereocenters. The summed E-state index contributed by atoms with van der Waals surface area (Å²) in [4.78, 5) is 11.6. The molecule has 0 heterocycles. The summed E-state index contributed by atoms with van der Waals surface area (Å²) in [5.74, 6) is -0.218. The predicted molar refractivity (Wildman–Crippen MR) is 60.8 cm³/mol. The van der Waals surface area contributed by atoms with Crippen LogP contribution >= 0.6 is 0 Å². The van der Waals surface area contributed by atoms with Crippen molar-refractivity contribution in [2.75, 3.05) is 0 Å². The van der Waals surface area contributed by atoms with E-state index in [9.17, 15) is 4.79 Å². The molecule has 15 heavy (non-hydrogen) atoms. The lowest BCUT2D eigenvalue weighted by Gasteiger charge is -2.03. The first kappa shape index (κ1) is 8.96. The smallest absolute Gasteiger partial charge is 0.311 e. The van der Waals surface area contributed by atoms with Crippen molar-refractivity contribution in [2.24, 2.45) is 0 Å². The molecule has 0 bridgehead atoms. The van der Waals surface area contributed by atoms with Crippen molar-refractivity contribution in [2.45, 2.75) is 39.0 Å². The van der Waals surface area contributed by atoms with Crippen molar-refractivity contribution in [3.63, 3.8) is 0 Å². The molecule has 0 radical (unpaired) electrons. The normalized spacial score (nSPS) is 16.1. The van der Waals surface area contributed by atoms with Crippen LogP contribution in [-0.4, -0.2) is 5.97 Å². The molecule has 2 heteroatoms. The monoisotopic (exact) mass is 208 g/mol. The van der Waals surface area contributed by atoms with E-state index < -0.39 is 18.8 Å². The Balaban J connectivity index is 2.47. The maximum absolute atomic E-state index is 11.6. The van der Waals surface area contributed by atoms with Gasteiger partial charge < -0.3 is 4.74 Å². The molecule has 82 valence electrons. The van der Waals surface area contributed by atoms with Gasteiger partial charge in [-0.2, -0.15) is 0 Å². The topological polar surface area (TPSA) is 26.3 Å². The highest BCUT2D eigenvalue weighted by Crippen LogP contribution is 2.10. The molecule has 0 aromatic heterocycles. The molecular weight excluding hydrogens is 188 g/mol. The average molecular weight is 208 g/mol. The Morgan fingerprint density at radius 1 is 1.33 bits per heavy atom. The van der Waals surface area contributed by atoms with Crippen molar-refractivity contribution in [1.82, 2.24) is 0 Å². The van der Waals surface area contributed by atoms with Gasteiger partial charge >= 0.3 is 5.97 Å². The van der Waals surface area contributed by atoms with Crippen LogP contribution in [0.2, 0.25) is 0 Å². The zero-order valence-corrected chi connectivity index (χ0v) is 8.98. The van der Waals surface area contributed by atoms with E-state index in [1.807, 2.05) is 13.0 Å². The summed E-state index contributed by atoms with van der Waals surface area (Å²) in [6.45, 7) is 2.02. The van der Waals surface area contributed by atoms with Gasteiger partial charge in [0.05, 0.1) is 0 Å². The number of hydrogen-bond donors (Lipinski definition) is 0. The van der Waals surface area contributed by atoms with Crippen LogP contribution in [0.5, 0.6) is 5.75 Å². The molecule has 0 aliphatic rings. The molecule has 1 aromatic carbocycles. The molecule has 0 aliphatic heterocycles. The minimum atomic E-state index is -1.12. The number of carbonyl (C=O) groups is 1. The molecule has 0 aliphatic carbocycles. The second-order valence-corrected chi connectivity index (χ2v) is 3.28. The molecule has 1 rings (SSSR count). The van der Waals surface area contributed by atoms with Gasteiger partial charge in [0.15, 0.2) is 0 Å². The Hall–Kier alpha value is -1.31. The van der Waals surface area contributed by atoms with E-state index in [2.05, 4.69) is 0 Å². The summed E-state index contributed by atoms with van der Waals surface area (Å²) in [6.07, 6.45) is 0.569. The first-order chi connectivity index (χ1) is 8.15. The van der Waals surface area contributed by atoms with Crippen LogP contribution in [0.15, 0.2) is 30.3 Å². The largest absolute Gasteiger partial charge is 0.427 e. The van der Waals surface area contributed by atoms with E-state index in [0.717, 1.165) is 12.8 Å². The van der Waals surface area contributed by atoms with Gasteiger partial charge in [0.2, 0.25) is 0 Å². The maximum atomic E-state index is 11.6. The Bertz CT molecular complexity index is 341. The molecular formula is C13H18O2. The minimum absolute atomic E-state index is 0.428. The standard InChI is InChI=1S/C13H18O2/c1-2-3-4-8-11-13(14)15-12-9-6-5-7-10-12/h5-7,9-10H,2-4,8,11H2,1H3/i8D,11D. The summed E-state index contributed by atoms with van der Waals surface area (Å²) in [6, 6.07) is 8.67. The van der Waals surface area contributed by atoms with Crippen LogP contribution in [-0.2, 0) is 4.79 Å². The fraction of sp³-hybridized carbons (Fsp3) is 0.462. The highest BCUT2D eigenvalue weighted by Gasteiger charge is 2.03. The summed E-state index contributed by atoms with van der Waals surface area (Å²) in [5.41, 5.74) is 0. The molecule has 0 spiro atoms. The van der Waals surface area contributed by atoms with Gasteiger partial charge in [-0.05, 0) is 18.5 Å². The highest BCUT2D eigenvalue weighted by molar-refractivity contribution is 5.72. The lowest BCUT2D eigenvalue weighted by Crippen LogP contribution is -2.07. The summed E-state index contributed by atoms with van der Waals surface area (Å²) in [5, 5.41) is 0. The van der Waals surface area contributed by atoms with Gasteiger partial charge in [-0.1, -0.05) is 44.4 Å². The van der Waals surface area contributed by atoms with Crippen LogP contribution < -0.4 is 4.74 Å². The van der Waals surface area contributed by atoms with Gasteiger partial charge in [0.25, 0.3) is 0 Å². The van der Waals surface area contributed by atoms with Gasteiger partial charge in [0.1, 0.15) is 5.75 Å². The lowest BCUT2D eigenvalue weighted by atomic mass is 10.1. The minimum Gasteiger partial charge on any atom is -0.427 e. The van der Waals surface area contributed by atoms with E-state index >= 15 is 0 Å². The van der Waals surface area contributed by atoms with Gasteiger partial charge in [0, 0.05) is 9.14 Å². The van der Waals surface area contributed by atoms with E-state index in [4.69, 9.17) is 7.48 Å². The average Bonchev–Trinajstić information content (AvgIpc) is 2.36. The summed E-state index contributed by atoms with van der Waals surface area (Å²) in [7, 11) is 0. The Kier molecular flexibility index (Phi) is 4.21. The third-order valence-electron chi connectivity index (χ3n) is 1.94.